The van der Waals surface area contributed by atoms with Gasteiger partial charge in [0.1, 0.15) is 0 Å². The number of halogens is 1. The topological polar surface area (TPSA) is 26.7 Å². The first-order chi connectivity index (χ1) is 8.70. The molecule has 1 aromatic rings. The Balaban J connectivity index is 1.91. The van der Waals surface area contributed by atoms with Gasteiger partial charge in [0, 0.05) is 43.8 Å². The van der Waals surface area contributed by atoms with Gasteiger partial charge in [-0.2, -0.15) is 0 Å². The van der Waals surface area contributed by atoms with E-state index in [0.717, 1.165) is 37.7 Å². The van der Waals surface area contributed by atoms with E-state index >= 15 is 0 Å². The molecule has 3 nitrogen and oxygen atoms in total. The van der Waals surface area contributed by atoms with Gasteiger partial charge in [0.25, 0.3) is 0 Å². The van der Waals surface area contributed by atoms with Gasteiger partial charge in [0.15, 0.2) is 0 Å². The second-order valence-electron chi connectivity index (χ2n) is 4.83. The normalized spacial score (nSPS) is 19.9. The van der Waals surface area contributed by atoms with Crippen LogP contribution in [0.3, 0.4) is 0 Å². The largest absolute Gasteiger partial charge is 0.395 e. The SMILES string of the molecule is CC(c1ccc(Cl)cc1)N1CCN(CCO)CC1. The Morgan fingerprint density at radius 2 is 1.78 bits per heavy atom. The third-order valence-corrected chi connectivity index (χ3v) is 3.98. The van der Waals surface area contributed by atoms with E-state index in [2.05, 4.69) is 28.9 Å². The molecule has 18 heavy (non-hydrogen) atoms. The Labute approximate surface area is 114 Å². The number of benzene rings is 1. The lowest BCUT2D eigenvalue weighted by atomic mass is 10.1. The molecule has 0 aromatic heterocycles. The minimum atomic E-state index is 0.257. The number of aliphatic hydroxyl groups is 1. The highest BCUT2D eigenvalue weighted by molar-refractivity contribution is 6.30. The van der Waals surface area contributed by atoms with Gasteiger partial charge in [-0.25, -0.2) is 0 Å². The molecule has 4 heteroatoms. The van der Waals surface area contributed by atoms with Crippen LogP contribution in [0.4, 0.5) is 0 Å². The maximum atomic E-state index is 8.93. The van der Waals surface area contributed by atoms with E-state index in [0.29, 0.717) is 6.04 Å². The zero-order valence-electron chi connectivity index (χ0n) is 10.8. The zero-order valence-corrected chi connectivity index (χ0v) is 11.6. The molecule has 1 fully saturated rings. The first kappa shape index (κ1) is 13.8. The van der Waals surface area contributed by atoms with Crippen molar-refractivity contribution in [1.82, 2.24) is 9.80 Å². The van der Waals surface area contributed by atoms with Gasteiger partial charge < -0.3 is 5.11 Å². The van der Waals surface area contributed by atoms with Crippen LogP contribution in [-0.4, -0.2) is 54.2 Å². The van der Waals surface area contributed by atoms with E-state index in [4.69, 9.17) is 16.7 Å². The maximum Gasteiger partial charge on any atom is 0.0558 e. The van der Waals surface area contributed by atoms with Crippen LogP contribution in [0.1, 0.15) is 18.5 Å². The van der Waals surface area contributed by atoms with Crippen LogP contribution >= 0.6 is 11.6 Å². The average Bonchev–Trinajstić information content (AvgIpc) is 2.40. The summed E-state index contributed by atoms with van der Waals surface area (Å²) in [4.78, 5) is 4.79. The van der Waals surface area contributed by atoms with E-state index in [1.807, 2.05) is 12.1 Å². The van der Waals surface area contributed by atoms with E-state index in [9.17, 15) is 0 Å². The van der Waals surface area contributed by atoms with Crippen LogP contribution < -0.4 is 0 Å². The Hall–Kier alpha value is -0.610. The highest BCUT2D eigenvalue weighted by Gasteiger charge is 2.21. The second-order valence-corrected chi connectivity index (χ2v) is 5.27. The van der Waals surface area contributed by atoms with Gasteiger partial charge in [-0.1, -0.05) is 23.7 Å². The molecule has 0 bridgehead atoms. The van der Waals surface area contributed by atoms with Crippen LogP contribution in [0.15, 0.2) is 24.3 Å². The lowest BCUT2D eigenvalue weighted by molar-refractivity contribution is 0.0888. The van der Waals surface area contributed by atoms with E-state index < -0.39 is 0 Å². The first-order valence-corrected chi connectivity index (χ1v) is 6.91. The number of β-amino-alcohol motifs (C(OH)–C–C–N with tert-alkyl or cyclic N) is 1. The number of hydrogen-bond acceptors (Lipinski definition) is 3. The van der Waals surface area contributed by atoms with Crippen LogP contribution in [0, 0.1) is 0 Å². The van der Waals surface area contributed by atoms with Crippen molar-refractivity contribution in [2.24, 2.45) is 0 Å². The quantitative estimate of drug-likeness (QED) is 0.905. The van der Waals surface area contributed by atoms with Crippen molar-refractivity contribution < 1.29 is 5.11 Å². The van der Waals surface area contributed by atoms with Crippen molar-refractivity contribution in [1.29, 1.82) is 0 Å². The van der Waals surface area contributed by atoms with Crippen molar-refractivity contribution in [2.45, 2.75) is 13.0 Å². The molecule has 1 saturated heterocycles. The van der Waals surface area contributed by atoms with Gasteiger partial charge >= 0.3 is 0 Å². The Bertz CT molecular complexity index is 361. The highest BCUT2D eigenvalue weighted by atomic mass is 35.5. The molecule has 1 aliphatic heterocycles. The smallest absolute Gasteiger partial charge is 0.0558 e. The molecule has 100 valence electrons. The van der Waals surface area contributed by atoms with Gasteiger partial charge in [0.05, 0.1) is 6.61 Å². The van der Waals surface area contributed by atoms with Crippen LogP contribution in [0.5, 0.6) is 0 Å². The summed E-state index contributed by atoms with van der Waals surface area (Å²) in [6, 6.07) is 8.55. The number of aliphatic hydroxyl groups excluding tert-OH is 1. The minimum absolute atomic E-state index is 0.257. The molecule has 2 rings (SSSR count). The lowest BCUT2D eigenvalue weighted by Gasteiger charge is -2.38. The molecule has 1 N–H and O–H groups in total. The van der Waals surface area contributed by atoms with Crippen molar-refractivity contribution in [3.8, 4) is 0 Å². The summed E-state index contributed by atoms with van der Waals surface area (Å²) in [5.74, 6) is 0. The third-order valence-electron chi connectivity index (χ3n) is 3.72. The third kappa shape index (κ3) is 3.45. The fourth-order valence-corrected chi connectivity index (χ4v) is 2.59. The number of nitrogens with zero attached hydrogens (tertiary/aromatic N) is 2. The summed E-state index contributed by atoms with van der Waals surface area (Å²) >= 11 is 5.91. The molecule has 1 unspecified atom stereocenters. The summed E-state index contributed by atoms with van der Waals surface area (Å²) in [6.07, 6.45) is 0. The molecule has 0 spiro atoms. The number of piperazine rings is 1. The molecular formula is C14H21ClN2O. The molecular weight excluding hydrogens is 248 g/mol. The summed E-state index contributed by atoms with van der Waals surface area (Å²) in [6.45, 7) is 7.49. The van der Waals surface area contributed by atoms with Crippen LogP contribution in [0.2, 0.25) is 5.02 Å². The van der Waals surface area contributed by atoms with E-state index in [-0.39, 0.29) is 6.61 Å². The monoisotopic (exact) mass is 268 g/mol. The summed E-state index contributed by atoms with van der Waals surface area (Å²) in [5.41, 5.74) is 1.31. The van der Waals surface area contributed by atoms with Crippen molar-refractivity contribution in [3.63, 3.8) is 0 Å². The molecule has 0 amide bonds. The predicted octanol–water partition coefficient (Wildman–Crippen LogP) is 2.01. The minimum Gasteiger partial charge on any atom is -0.395 e. The number of rotatable bonds is 4. The Morgan fingerprint density at radius 3 is 2.33 bits per heavy atom. The van der Waals surface area contributed by atoms with Gasteiger partial charge in [-0.05, 0) is 24.6 Å². The predicted molar refractivity (Wildman–Crippen MR) is 75.0 cm³/mol. The van der Waals surface area contributed by atoms with Crippen molar-refractivity contribution >= 4 is 11.6 Å². The maximum absolute atomic E-state index is 8.93. The highest BCUT2D eigenvalue weighted by Crippen LogP contribution is 2.22. The van der Waals surface area contributed by atoms with Gasteiger partial charge in [0.2, 0.25) is 0 Å². The van der Waals surface area contributed by atoms with Gasteiger partial charge in [-0.3, -0.25) is 9.80 Å². The fourth-order valence-electron chi connectivity index (χ4n) is 2.47. The summed E-state index contributed by atoms with van der Waals surface area (Å²) < 4.78 is 0. The average molecular weight is 269 g/mol. The Morgan fingerprint density at radius 1 is 1.17 bits per heavy atom. The zero-order chi connectivity index (χ0) is 13.0. The first-order valence-electron chi connectivity index (χ1n) is 6.53. The van der Waals surface area contributed by atoms with Crippen molar-refractivity contribution in [2.75, 3.05) is 39.3 Å². The molecule has 1 aliphatic rings. The molecule has 1 atom stereocenters. The summed E-state index contributed by atoms with van der Waals surface area (Å²) in [7, 11) is 0. The molecule has 0 saturated carbocycles. The van der Waals surface area contributed by atoms with Gasteiger partial charge in [-0.15, -0.1) is 0 Å². The van der Waals surface area contributed by atoms with E-state index in [1.54, 1.807) is 0 Å². The van der Waals surface area contributed by atoms with Crippen LogP contribution in [0.25, 0.3) is 0 Å². The van der Waals surface area contributed by atoms with Crippen molar-refractivity contribution in [3.05, 3.63) is 34.9 Å². The molecule has 0 aliphatic carbocycles. The lowest BCUT2D eigenvalue weighted by Crippen LogP contribution is -2.47. The second kappa shape index (κ2) is 6.53. The van der Waals surface area contributed by atoms with E-state index in [1.165, 1.54) is 5.56 Å². The number of hydrogen-bond donors (Lipinski definition) is 1. The Kier molecular flexibility index (Phi) is 5.01. The summed E-state index contributed by atoms with van der Waals surface area (Å²) in [5, 5.41) is 9.72. The fraction of sp³-hybridized carbons (Fsp3) is 0.571. The van der Waals surface area contributed by atoms with Crippen LogP contribution in [-0.2, 0) is 0 Å². The molecule has 1 aromatic carbocycles. The molecule has 0 radical (unpaired) electrons. The standard InChI is InChI=1S/C14H21ClN2O/c1-12(13-2-4-14(15)5-3-13)17-8-6-16(7-9-17)10-11-18/h2-5,12,18H,6-11H2,1H3. The molecule has 1 heterocycles.